The van der Waals surface area contributed by atoms with Gasteiger partial charge in [0.05, 0.1) is 17.1 Å². The topological polar surface area (TPSA) is 85.1 Å². The number of hydrogen-bond donors (Lipinski definition) is 1. The fourth-order valence-electron chi connectivity index (χ4n) is 4.01. The number of para-hydroxylation sites is 2. The second-order valence-corrected chi connectivity index (χ2v) is 8.52. The van der Waals surface area contributed by atoms with Gasteiger partial charge in [-0.25, -0.2) is 9.97 Å². The number of anilines is 2. The molecule has 1 aliphatic heterocycles. The van der Waals surface area contributed by atoms with E-state index in [0.29, 0.717) is 41.7 Å². The standard InChI is InChI=1S/C25H27ClN6O/c1-2-3-11-28-25(33)20(17-27)23-24(30-22-10-5-4-9-21(22)29-23)32-14-12-31(13-15-32)19-8-6-7-18(26)16-19/h4-10,16,20H,2-3,11-15H2,1H3,(H,28,33)/t20-/m1/s1. The monoisotopic (exact) mass is 462 g/mol. The van der Waals surface area contributed by atoms with E-state index in [1.54, 1.807) is 0 Å². The molecular weight excluding hydrogens is 436 g/mol. The average molecular weight is 463 g/mol. The average Bonchev–Trinajstić information content (AvgIpc) is 2.84. The van der Waals surface area contributed by atoms with Crippen LogP contribution < -0.4 is 15.1 Å². The van der Waals surface area contributed by atoms with Gasteiger partial charge in [-0.3, -0.25) is 4.79 Å². The number of aromatic nitrogens is 2. The van der Waals surface area contributed by atoms with Crippen molar-refractivity contribution in [1.82, 2.24) is 15.3 Å². The van der Waals surface area contributed by atoms with E-state index in [1.165, 1.54) is 0 Å². The van der Waals surface area contributed by atoms with E-state index in [1.807, 2.05) is 42.5 Å². The molecule has 0 aliphatic carbocycles. The third-order valence-electron chi connectivity index (χ3n) is 5.82. The van der Waals surface area contributed by atoms with Crippen molar-refractivity contribution in [2.45, 2.75) is 25.7 Å². The third kappa shape index (κ3) is 5.18. The molecule has 2 heterocycles. The zero-order chi connectivity index (χ0) is 23.2. The minimum atomic E-state index is -1.01. The van der Waals surface area contributed by atoms with Gasteiger partial charge in [0.2, 0.25) is 5.91 Å². The van der Waals surface area contributed by atoms with E-state index >= 15 is 0 Å². The largest absolute Gasteiger partial charge is 0.368 e. The van der Waals surface area contributed by atoms with Crippen LogP contribution in [0.5, 0.6) is 0 Å². The molecule has 1 saturated heterocycles. The summed E-state index contributed by atoms with van der Waals surface area (Å²) in [4.78, 5) is 26.8. The van der Waals surface area contributed by atoms with Crippen LogP contribution in [0.2, 0.25) is 5.02 Å². The first-order chi connectivity index (χ1) is 16.1. The van der Waals surface area contributed by atoms with Gasteiger partial charge in [0.25, 0.3) is 0 Å². The Morgan fingerprint density at radius 3 is 2.45 bits per heavy atom. The first-order valence-electron chi connectivity index (χ1n) is 11.3. The maximum Gasteiger partial charge on any atom is 0.243 e. The van der Waals surface area contributed by atoms with E-state index in [-0.39, 0.29) is 5.91 Å². The quantitative estimate of drug-likeness (QED) is 0.531. The molecule has 170 valence electrons. The van der Waals surface area contributed by atoms with Crippen molar-refractivity contribution in [3.05, 3.63) is 59.2 Å². The Hall–Kier alpha value is -3.37. The maximum atomic E-state index is 12.8. The molecule has 3 aromatic rings. The lowest BCUT2D eigenvalue weighted by molar-refractivity contribution is -0.121. The molecule has 0 unspecified atom stereocenters. The number of piperazine rings is 1. The Balaban J connectivity index is 1.62. The van der Waals surface area contributed by atoms with Crippen LogP contribution >= 0.6 is 11.6 Å². The van der Waals surface area contributed by atoms with Gasteiger partial charge in [-0.2, -0.15) is 5.26 Å². The van der Waals surface area contributed by atoms with Crippen LogP contribution in [0.1, 0.15) is 31.4 Å². The van der Waals surface area contributed by atoms with Crippen LogP contribution in [0.3, 0.4) is 0 Å². The van der Waals surface area contributed by atoms with Crippen molar-refractivity contribution in [3.63, 3.8) is 0 Å². The summed E-state index contributed by atoms with van der Waals surface area (Å²) in [5.41, 5.74) is 2.92. The van der Waals surface area contributed by atoms with Gasteiger partial charge in [-0.05, 0) is 36.8 Å². The first-order valence-corrected chi connectivity index (χ1v) is 11.7. The van der Waals surface area contributed by atoms with Crippen LogP contribution in [0.25, 0.3) is 11.0 Å². The number of carbonyl (C=O) groups excluding carboxylic acids is 1. The minimum Gasteiger partial charge on any atom is -0.368 e. The number of nitriles is 1. The summed E-state index contributed by atoms with van der Waals surface area (Å²) in [5, 5.41) is 13.5. The summed E-state index contributed by atoms with van der Waals surface area (Å²) in [5.74, 6) is -0.731. The summed E-state index contributed by atoms with van der Waals surface area (Å²) in [7, 11) is 0. The Kier molecular flexibility index (Phi) is 7.26. The molecule has 0 saturated carbocycles. The number of rotatable bonds is 7. The molecule has 1 amide bonds. The number of amides is 1. The molecule has 7 nitrogen and oxygen atoms in total. The van der Waals surface area contributed by atoms with Crippen LogP contribution in [0.4, 0.5) is 11.5 Å². The van der Waals surface area contributed by atoms with E-state index in [2.05, 4.69) is 34.2 Å². The third-order valence-corrected chi connectivity index (χ3v) is 6.06. The molecule has 1 fully saturated rings. The number of benzene rings is 2. The Labute approximate surface area is 199 Å². The second-order valence-electron chi connectivity index (χ2n) is 8.08. The zero-order valence-electron chi connectivity index (χ0n) is 18.7. The number of hydrogen-bond acceptors (Lipinski definition) is 6. The molecule has 1 aromatic heterocycles. The minimum absolute atomic E-state index is 0.325. The van der Waals surface area contributed by atoms with Crippen molar-refractivity contribution >= 4 is 40.0 Å². The molecule has 1 atom stereocenters. The molecule has 4 rings (SSSR count). The highest BCUT2D eigenvalue weighted by Crippen LogP contribution is 2.29. The molecule has 0 spiro atoms. The van der Waals surface area contributed by atoms with Gasteiger partial charge in [-0.1, -0.05) is 43.1 Å². The summed E-state index contributed by atoms with van der Waals surface area (Å²) < 4.78 is 0. The number of fused-ring (bicyclic) bond motifs is 1. The number of unbranched alkanes of at least 4 members (excludes halogenated alkanes) is 1. The molecule has 0 bridgehead atoms. The van der Waals surface area contributed by atoms with Gasteiger partial charge in [0.15, 0.2) is 11.7 Å². The van der Waals surface area contributed by atoms with Crippen LogP contribution in [0, 0.1) is 11.3 Å². The fraction of sp³-hybridized carbons (Fsp3) is 0.360. The second kappa shape index (κ2) is 10.5. The highest BCUT2D eigenvalue weighted by atomic mass is 35.5. The molecule has 0 radical (unpaired) electrons. The van der Waals surface area contributed by atoms with Crippen molar-refractivity contribution in [3.8, 4) is 6.07 Å². The van der Waals surface area contributed by atoms with Gasteiger partial charge >= 0.3 is 0 Å². The summed E-state index contributed by atoms with van der Waals surface area (Å²) in [6, 6.07) is 17.6. The highest BCUT2D eigenvalue weighted by Gasteiger charge is 2.30. The summed E-state index contributed by atoms with van der Waals surface area (Å²) in [6.07, 6.45) is 1.83. The van der Waals surface area contributed by atoms with E-state index in [9.17, 15) is 10.1 Å². The molecule has 2 aromatic carbocycles. The molecule has 1 N–H and O–H groups in total. The van der Waals surface area contributed by atoms with Gasteiger partial charge in [0, 0.05) is 43.4 Å². The molecular formula is C25H27ClN6O. The lowest BCUT2D eigenvalue weighted by atomic mass is 10.0. The predicted molar refractivity (Wildman–Crippen MR) is 132 cm³/mol. The normalized spacial score (nSPS) is 14.7. The van der Waals surface area contributed by atoms with Crippen molar-refractivity contribution < 1.29 is 4.79 Å². The van der Waals surface area contributed by atoms with Crippen LogP contribution in [-0.2, 0) is 4.79 Å². The Bertz CT molecular complexity index is 1170. The van der Waals surface area contributed by atoms with Crippen molar-refractivity contribution in [2.24, 2.45) is 0 Å². The molecule has 1 aliphatic rings. The molecule has 33 heavy (non-hydrogen) atoms. The Morgan fingerprint density at radius 1 is 1.09 bits per heavy atom. The summed E-state index contributed by atoms with van der Waals surface area (Å²) in [6.45, 7) is 5.54. The van der Waals surface area contributed by atoms with Gasteiger partial charge in [-0.15, -0.1) is 0 Å². The van der Waals surface area contributed by atoms with Gasteiger partial charge in [0.1, 0.15) is 5.69 Å². The highest BCUT2D eigenvalue weighted by molar-refractivity contribution is 6.30. The number of carbonyl (C=O) groups is 1. The summed E-state index contributed by atoms with van der Waals surface area (Å²) >= 11 is 6.17. The zero-order valence-corrected chi connectivity index (χ0v) is 19.4. The lowest BCUT2D eigenvalue weighted by Crippen LogP contribution is -2.47. The maximum absolute atomic E-state index is 12.8. The first kappa shape index (κ1) is 22.8. The van der Waals surface area contributed by atoms with Crippen molar-refractivity contribution in [2.75, 3.05) is 42.5 Å². The van der Waals surface area contributed by atoms with E-state index < -0.39 is 5.92 Å². The number of nitrogens with zero attached hydrogens (tertiary/aromatic N) is 5. The van der Waals surface area contributed by atoms with Crippen LogP contribution in [-0.4, -0.2) is 48.6 Å². The van der Waals surface area contributed by atoms with Crippen LogP contribution in [0.15, 0.2) is 48.5 Å². The fourth-order valence-corrected chi connectivity index (χ4v) is 4.20. The SMILES string of the molecule is CCCCNC(=O)[C@H](C#N)c1nc2ccccc2nc1N1CCN(c2cccc(Cl)c2)CC1. The predicted octanol–water partition coefficient (Wildman–Crippen LogP) is 4.13. The van der Waals surface area contributed by atoms with Gasteiger partial charge < -0.3 is 15.1 Å². The van der Waals surface area contributed by atoms with E-state index in [4.69, 9.17) is 21.6 Å². The Morgan fingerprint density at radius 2 is 1.79 bits per heavy atom. The van der Waals surface area contributed by atoms with E-state index in [0.717, 1.165) is 37.1 Å². The van der Waals surface area contributed by atoms with Crippen molar-refractivity contribution in [1.29, 1.82) is 5.26 Å². The number of halogens is 1. The smallest absolute Gasteiger partial charge is 0.243 e. The number of nitrogens with one attached hydrogen (secondary N) is 1. The molecule has 8 heteroatoms. The lowest BCUT2D eigenvalue weighted by Gasteiger charge is -2.37.